The zero-order valence-corrected chi connectivity index (χ0v) is 13.9. The van der Waals surface area contributed by atoms with E-state index in [4.69, 9.17) is 4.74 Å². The topological polar surface area (TPSA) is 60.3 Å². The summed E-state index contributed by atoms with van der Waals surface area (Å²) in [5.74, 6) is -1.25. The number of hydrogen-bond donors (Lipinski definition) is 1. The van der Waals surface area contributed by atoms with Gasteiger partial charge in [-0.15, -0.1) is 0 Å². The summed E-state index contributed by atoms with van der Waals surface area (Å²) < 4.78 is 57.3. The molecule has 1 unspecified atom stereocenters. The van der Waals surface area contributed by atoms with Gasteiger partial charge < -0.3 is 14.6 Å². The summed E-state index contributed by atoms with van der Waals surface area (Å²) in [6, 6.07) is 4.90. The highest BCUT2D eigenvalue weighted by Crippen LogP contribution is 2.28. The van der Waals surface area contributed by atoms with Crippen molar-refractivity contribution in [3.63, 3.8) is 0 Å². The molecule has 0 saturated carbocycles. The number of aromatic nitrogens is 1. The summed E-state index contributed by atoms with van der Waals surface area (Å²) >= 11 is 0. The molecule has 2 aromatic rings. The summed E-state index contributed by atoms with van der Waals surface area (Å²) in [5, 5.41) is 2.51. The van der Waals surface area contributed by atoms with Crippen LogP contribution in [-0.4, -0.2) is 17.6 Å². The maximum atomic E-state index is 13.7. The minimum atomic E-state index is -4.63. The fraction of sp³-hybridized carbons (Fsp3) is 0.294. The molecule has 1 aromatic heterocycles. The number of carbonyl (C=O) groups excluding carboxylic acids is 1. The molecule has 0 aliphatic rings. The van der Waals surface area contributed by atoms with Gasteiger partial charge in [0.2, 0.25) is 5.91 Å². The number of benzene rings is 1. The molecule has 1 atom stereocenters. The summed E-state index contributed by atoms with van der Waals surface area (Å²) in [7, 11) is 1.32. The van der Waals surface area contributed by atoms with Gasteiger partial charge in [-0.2, -0.15) is 13.2 Å². The summed E-state index contributed by atoms with van der Waals surface area (Å²) in [6.45, 7) is 0.986. The zero-order valence-electron chi connectivity index (χ0n) is 13.9. The van der Waals surface area contributed by atoms with E-state index in [1.165, 1.54) is 19.2 Å². The highest BCUT2D eigenvalue weighted by Gasteiger charge is 2.31. The van der Waals surface area contributed by atoms with E-state index in [2.05, 4.69) is 5.32 Å². The van der Waals surface area contributed by atoms with Gasteiger partial charge in [-0.3, -0.25) is 9.59 Å². The highest BCUT2D eigenvalue weighted by molar-refractivity contribution is 5.76. The van der Waals surface area contributed by atoms with E-state index in [1.807, 2.05) is 0 Å². The highest BCUT2D eigenvalue weighted by atomic mass is 19.4. The third kappa shape index (κ3) is 4.62. The first-order valence-corrected chi connectivity index (χ1v) is 7.52. The number of nitrogens with one attached hydrogen (secondary N) is 1. The van der Waals surface area contributed by atoms with Crippen molar-refractivity contribution in [1.29, 1.82) is 0 Å². The summed E-state index contributed by atoms with van der Waals surface area (Å²) in [5.41, 5.74) is -1.33. The number of alkyl halides is 3. The average Bonchev–Trinajstić information content (AvgIpc) is 2.55. The molecule has 1 N–H and O–H groups in total. The Labute approximate surface area is 146 Å². The average molecular weight is 372 g/mol. The van der Waals surface area contributed by atoms with Gasteiger partial charge in [-0.05, 0) is 30.7 Å². The minimum Gasteiger partial charge on any atom is -0.494 e. The predicted octanol–water partition coefficient (Wildman–Crippen LogP) is 2.89. The fourth-order valence-corrected chi connectivity index (χ4v) is 2.30. The molecule has 0 fully saturated rings. The van der Waals surface area contributed by atoms with Gasteiger partial charge in [0.05, 0.1) is 18.7 Å². The van der Waals surface area contributed by atoms with E-state index in [0.717, 1.165) is 6.07 Å². The maximum absolute atomic E-state index is 13.7. The van der Waals surface area contributed by atoms with Crippen LogP contribution in [0.4, 0.5) is 17.6 Å². The van der Waals surface area contributed by atoms with Crippen LogP contribution in [0.1, 0.15) is 24.1 Å². The minimum absolute atomic E-state index is 0.0443. The number of pyridine rings is 1. The number of methoxy groups -OCH3 is 1. The molecule has 140 valence electrons. The molecule has 0 bridgehead atoms. The Morgan fingerprint density at radius 2 is 1.96 bits per heavy atom. The molecular formula is C17H16F4N2O3. The van der Waals surface area contributed by atoms with Gasteiger partial charge in [0, 0.05) is 12.3 Å². The monoisotopic (exact) mass is 372 g/mol. The van der Waals surface area contributed by atoms with Crippen molar-refractivity contribution in [2.75, 3.05) is 7.11 Å². The van der Waals surface area contributed by atoms with Crippen LogP contribution >= 0.6 is 0 Å². The van der Waals surface area contributed by atoms with Crippen LogP contribution in [0.2, 0.25) is 0 Å². The van der Waals surface area contributed by atoms with E-state index < -0.39 is 41.6 Å². The van der Waals surface area contributed by atoms with Crippen LogP contribution < -0.4 is 15.6 Å². The Hall–Kier alpha value is -2.84. The predicted molar refractivity (Wildman–Crippen MR) is 85.2 cm³/mol. The van der Waals surface area contributed by atoms with Gasteiger partial charge >= 0.3 is 6.18 Å². The number of nitrogens with zero attached hydrogens (tertiary/aromatic N) is 1. The number of ether oxygens (including phenoxy) is 1. The molecule has 5 nitrogen and oxygen atoms in total. The second-order valence-electron chi connectivity index (χ2n) is 5.56. The largest absolute Gasteiger partial charge is 0.494 e. The second kappa shape index (κ2) is 7.59. The van der Waals surface area contributed by atoms with Crippen molar-refractivity contribution in [2.45, 2.75) is 25.7 Å². The van der Waals surface area contributed by atoms with Gasteiger partial charge in [0.1, 0.15) is 6.54 Å². The molecule has 1 aromatic carbocycles. The third-order valence-corrected chi connectivity index (χ3v) is 3.68. The second-order valence-corrected chi connectivity index (χ2v) is 5.56. The Bertz CT molecular complexity index is 862. The molecule has 1 heterocycles. The van der Waals surface area contributed by atoms with E-state index in [0.29, 0.717) is 22.4 Å². The molecule has 0 radical (unpaired) electrons. The van der Waals surface area contributed by atoms with Gasteiger partial charge in [-0.25, -0.2) is 4.39 Å². The maximum Gasteiger partial charge on any atom is 0.417 e. The van der Waals surface area contributed by atoms with Crippen LogP contribution in [0.3, 0.4) is 0 Å². The molecule has 2 rings (SSSR count). The fourth-order valence-electron chi connectivity index (χ4n) is 2.30. The summed E-state index contributed by atoms with van der Waals surface area (Å²) in [6.07, 6.45) is -4.04. The first-order valence-electron chi connectivity index (χ1n) is 7.52. The molecule has 0 saturated heterocycles. The zero-order chi connectivity index (χ0) is 19.5. The normalized spacial score (nSPS) is 12.5. The van der Waals surface area contributed by atoms with Crippen LogP contribution in [0.25, 0.3) is 0 Å². The lowest BCUT2D eigenvalue weighted by molar-refractivity contribution is -0.138. The Morgan fingerprint density at radius 1 is 1.27 bits per heavy atom. The molecule has 9 heteroatoms. The quantitative estimate of drug-likeness (QED) is 0.821. The van der Waals surface area contributed by atoms with E-state index >= 15 is 0 Å². The molecule has 26 heavy (non-hydrogen) atoms. The van der Waals surface area contributed by atoms with Crippen molar-refractivity contribution in [1.82, 2.24) is 9.88 Å². The molecule has 1 amide bonds. The molecular weight excluding hydrogens is 356 g/mol. The van der Waals surface area contributed by atoms with Gasteiger partial charge in [0.15, 0.2) is 11.6 Å². The van der Waals surface area contributed by atoms with Crippen molar-refractivity contribution in [3.05, 3.63) is 63.8 Å². The first kappa shape index (κ1) is 19.5. The number of halogens is 4. The van der Waals surface area contributed by atoms with Crippen LogP contribution in [0.15, 0.2) is 41.3 Å². The van der Waals surface area contributed by atoms with Gasteiger partial charge in [0.25, 0.3) is 5.56 Å². The third-order valence-electron chi connectivity index (χ3n) is 3.68. The SMILES string of the molecule is COc1ccc(C(C)NC(=O)Cn2cc(C(F)(F)F)ccc2=O)cc1F. The lowest BCUT2D eigenvalue weighted by Crippen LogP contribution is -2.34. The van der Waals surface area contributed by atoms with E-state index in [-0.39, 0.29) is 5.75 Å². The molecule has 0 aliphatic heterocycles. The smallest absolute Gasteiger partial charge is 0.417 e. The van der Waals surface area contributed by atoms with Crippen LogP contribution in [-0.2, 0) is 17.5 Å². The number of carbonyl (C=O) groups is 1. The lowest BCUT2D eigenvalue weighted by atomic mass is 10.1. The van der Waals surface area contributed by atoms with Crippen molar-refractivity contribution in [2.24, 2.45) is 0 Å². The number of hydrogen-bond acceptors (Lipinski definition) is 3. The first-order chi connectivity index (χ1) is 12.1. The van der Waals surface area contributed by atoms with E-state index in [1.54, 1.807) is 13.0 Å². The van der Waals surface area contributed by atoms with Crippen molar-refractivity contribution >= 4 is 5.91 Å². The molecule has 0 aliphatic carbocycles. The lowest BCUT2D eigenvalue weighted by Gasteiger charge is -2.16. The number of rotatable bonds is 5. The van der Waals surface area contributed by atoms with E-state index in [9.17, 15) is 27.2 Å². The van der Waals surface area contributed by atoms with Crippen molar-refractivity contribution in [3.8, 4) is 5.75 Å². The standard InChI is InChI=1S/C17H16F4N2O3/c1-10(11-3-5-14(26-2)13(18)7-11)22-15(24)9-23-8-12(17(19,20)21)4-6-16(23)25/h3-8,10H,9H2,1-2H3,(H,22,24). The Balaban J connectivity index is 2.11. The summed E-state index contributed by atoms with van der Waals surface area (Å²) in [4.78, 5) is 23.7. The van der Waals surface area contributed by atoms with Gasteiger partial charge in [-0.1, -0.05) is 6.07 Å². The van der Waals surface area contributed by atoms with Crippen LogP contribution in [0.5, 0.6) is 5.75 Å². The number of amides is 1. The Kier molecular flexibility index (Phi) is 5.69. The Morgan fingerprint density at radius 3 is 2.54 bits per heavy atom. The van der Waals surface area contributed by atoms with Crippen LogP contribution in [0, 0.1) is 5.82 Å². The van der Waals surface area contributed by atoms with Crippen molar-refractivity contribution < 1.29 is 27.1 Å². The molecule has 0 spiro atoms.